The standard InChI is InChI=1S/C14H16N4O2S/c1-3-7-15-13(19)16-14-18-17-12(21-14)9-10-5-4-6-11(8-10)20-2/h3-6,8H,1,7,9H2,2H3,(H2,15,16,18,19). The number of carbonyl (C=O) groups is 1. The lowest BCUT2D eigenvalue weighted by atomic mass is 10.1. The van der Waals surface area contributed by atoms with Gasteiger partial charge in [-0.3, -0.25) is 5.32 Å². The molecule has 0 spiro atoms. The number of benzene rings is 1. The van der Waals surface area contributed by atoms with E-state index in [0.717, 1.165) is 16.3 Å². The molecule has 2 N–H and O–H groups in total. The number of carbonyl (C=O) groups excluding carboxylic acids is 1. The normalized spacial score (nSPS) is 9.95. The number of aromatic nitrogens is 2. The molecule has 0 unspecified atom stereocenters. The fourth-order valence-corrected chi connectivity index (χ4v) is 2.41. The smallest absolute Gasteiger partial charge is 0.321 e. The highest BCUT2D eigenvalue weighted by Gasteiger charge is 2.08. The number of nitrogens with zero attached hydrogens (tertiary/aromatic N) is 2. The fourth-order valence-electron chi connectivity index (χ4n) is 1.64. The average molecular weight is 304 g/mol. The molecule has 0 fully saturated rings. The number of amides is 2. The van der Waals surface area contributed by atoms with Crippen LogP contribution >= 0.6 is 11.3 Å². The second-order valence-electron chi connectivity index (χ2n) is 4.15. The highest BCUT2D eigenvalue weighted by molar-refractivity contribution is 7.15. The van der Waals surface area contributed by atoms with Gasteiger partial charge in [0.1, 0.15) is 10.8 Å². The number of urea groups is 1. The van der Waals surface area contributed by atoms with Gasteiger partial charge in [0.2, 0.25) is 5.13 Å². The van der Waals surface area contributed by atoms with E-state index in [4.69, 9.17) is 4.74 Å². The molecule has 1 heterocycles. The number of nitrogens with one attached hydrogen (secondary N) is 2. The SMILES string of the molecule is C=CCNC(=O)Nc1nnc(Cc2cccc(OC)c2)s1. The molecule has 0 aliphatic carbocycles. The lowest BCUT2D eigenvalue weighted by molar-refractivity contribution is 0.253. The summed E-state index contributed by atoms with van der Waals surface area (Å²) in [5, 5.41) is 14.5. The quantitative estimate of drug-likeness (QED) is 0.804. The van der Waals surface area contributed by atoms with Gasteiger partial charge in [0.15, 0.2) is 0 Å². The zero-order valence-corrected chi connectivity index (χ0v) is 12.4. The Bertz CT molecular complexity index is 627. The van der Waals surface area contributed by atoms with Gasteiger partial charge in [0, 0.05) is 13.0 Å². The van der Waals surface area contributed by atoms with Gasteiger partial charge in [-0.2, -0.15) is 0 Å². The van der Waals surface area contributed by atoms with Gasteiger partial charge in [-0.1, -0.05) is 29.5 Å². The Morgan fingerprint density at radius 2 is 2.33 bits per heavy atom. The van der Waals surface area contributed by atoms with Gasteiger partial charge in [-0.15, -0.1) is 16.8 Å². The summed E-state index contributed by atoms with van der Waals surface area (Å²) < 4.78 is 5.18. The fraction of sp³-hybridized carbons (Fsp3) is 0.214. The van der Waals surface area contributed by atoms with Crippen molar-refractivity contribution in [3.05, 3.63) is 47.5 Å². The molecule has 6 nitrogen and oxygen atoms in total. The van der Waals surface area contributed by atoms with Gasteiger partial charge in [-0.25, -0.2) is 4.79 Å². The molecular weight excluding hydrogens is 288 g/mol. The van der Waals surface area contributed by atoms with Gasteiger partial charge in [-0.05, 0) is 17.7 Å². The maximum absolute atomic E-state index is 11.5. The highest BCUT2D eigenvalue weighted by atomic mass is 32.1. The van der Waals surface area contributed by atoms with Crippen molar-refractivity contribution in [3.63, 3.8) is 0 Å². The molecular formula is C14H16N4O2S. The summed E-state index contributed by atoms with van der Waals surface area (Å²) in [4.78, 5) is 11.5. The van der Waals surface area contributed by atoms with E-state index in [1.165, 1.54) is 11.3 Å². The highest BCUT2D eigenvalue weighted by Crippen LogP contribution is 2.20. The molecule has 7 heteroatoms. The van der Waals surface area contributed by atoms with Crippen LogP contribution in [-0.2, 0) is 6.42 Å². The lowest BCUT2D eigenvalue weighted by Crippen LogP contribution is -2.28. The Labute approximate surface area is 126 Å². The Morgan fingerprint density at radius 3 is 3.10 bits per heavy atom. The summed E-state index contributed by atoms with van der Waals surface area (Å²) in [7, 11) is 1.63. The Kier molecular flexibility index (Phi) is 5.28. The number of methoxy groups -OCH3 is 1. The predicted molar refractivity (Wildman–Crippen MR) is 82.9 cm³/mol. The lowest BCUT2D eigenvalue weighted by Gasteiger charge is -2.02. The van der Waals surface area contributed by atoms with Crippen LogP contribution in [0.3, 0.4) is 0 Å². The van der Waals surface area contributed by atoms with Crippen molar-refractivity contribution in [1.29, 1.82) is 0 Å². The van der Waals surface area contributed by atoms with Crippen LogP contribution in [0.5, 0.6) is 5.75 Å². The molecule has 2 rings (SSSR count). The van der Waals surface area contributed by atoms with Crippen molar-refractivity contribution in [2.45, 2.75) is 6.42 Å². The van der Waals surface area contributed by atoms with Crippen molar-refractivity contribution >= 4 is 22.5 Å². The Morgan fingerprint density at radius 1 is 1.48 bits per heavy atom. The monoisotopic (exact) mass is 304 g/mol. The molecule has 0 aliphatic rings. The van der Waals surface area contributed by atoms with E-state index in [0.29, 0.717) is 18.1 Å². The third-order valence-corrected chi connectivity index (χ3v) is 3.42. The first-order valence-electron chi connectivity index (χ1n) is 6.32. The maximum Gasteiger partial charge on any atom is 0.321 e. The second kappa shape index (κ2) is 7.39. The number of rotatable bonds is 6. The molecule has 2 amide bonds. The van der Waals surface area contributed by atoms with E-state index < -0.39 is 0 Å². The molecule has 0 radical (unpaired) electrons. The molecule has 110 valence electrons. The van der Waals surface area contributed by atoms with Gasteiger partial charge >= 0.3 is 6.03 Å². The molecule has 0 saturated heterocycles. The topological polar surface area (TPSA) is 76.1 Å². The van der Waals surface area contributed by atoms with E-state index in [1.807, 2.05) is 24.3 Å². The summed E-state index contributed by atoms with van der Waals surface area (Å²) in [6.45, 7) is 3.93. The summed E-state index contributed by atoms with van der Waals surface area (Å²) >= 11 is 1.34. The van der Waals surface area contributed by atoms with Crippen LogP contribution in [-0.4, -0.2) is 29.9 Å². The number of anilines is 1. The molecule has 1 aromatic carbocycles. The van der Waals surface area contributed by atoms with Crippen molar-refractivity contribution in [1.82, 2.24) is 15.5 Å². The van der Waals surface area contributed by atoms with Crippen LogP contribution in [0.4, 0.5) is 9.93 Å². The van der Waals surface area contributed by atoms with Crippen LogP contribution in [0, 0.1) is 0 Å². The minimum Gasteiger partial charge on any atom is -0.497 e. The van der Waals surface area contributed by atoms with E-state index >= 15 is 0 Å². The van der Waals surface area contributed by atoms with Gasteiger partial charge < -0.3 is 10.1 Å². The zero-order valence-electron chi connectivity index (χ0n) is 11.6. The molecule has 0 atom stereocenters. The Balaban J connectivity index is 1.96. The van der Waals surface area contributed by atoms with Crippen LogP contribution in [0.2, 0.25) is 0 Å². The first-order chi connectivity index (χ1) is 10.2. The first-order valence-corrected chi connectivity index (χ1v) is 7.14. The second-order valence-corrected chi connectivity index (χ2v) is 5.22. The summed E-state index contributed by atoms with van der Waals surface area (Å²) in [5.41, 5.74) is 1.08. The minimum atomic E-state index is -0.320. The van der Waals surface area contributed by atoms with Crippen LogP contribution < -0.4 is 15.4 Å². The van der Waals surface area contributed by atoms with E-state index in [9.17, 15) is 4.79 Å². The van der Waals surface area contributed by atoms with Gasteiger partial charge in [0.25, 0.3) is 0 Å². The third kappa shape index (κ3) is 4.57. The zero-order chi connectivity index (χ0) is 15.1. The first kappa shape index (κ1) is 15.0. The third-order valence-electron chi connectivity index (χ3n) is 2.58. The van der Waals surface area contributed by atoms with Crippen LogP contribution in [0.15, 0.2) is 36.9 Å². The van der Waals surface area contributed by atoms with Crippen LogP contribution in [0.25, 0.3) is 0 Å². The summed E-state index contributed by atoms with van der Waals surface area (Å²) in [6, 6.07) is 7.44. The van der Waals surface area contributed by atoms with Gasteiger partial charge in [0.05, 0.1) is 7.11 Å². The molecule has 0 saturated carbocycles. The maximum atomic E-state index is 11.5. The number of hydrogen-bond donors (Lipinski definition) is 2. The van der Waals surface area contributed by atoms with E-state index in [-0.39, 0.29) is 6.03 Å². The summed E-state index contributed by atoms with van der Waals surface area (Å²) in [6.07, 6.45) is 2.25. The van der Waals surface area contributed by atoms with E-state index in [1.54, 1.807) is 13.2 Å². The van der Waals surface area contributed by atoms with Crippen molar-refractivity contribution in [3.8, 4) is 5.75 Å². The Hall–Kier alpha value is -2.41. The van der Waals surface area contributed by atoms with Crippen molar-refractivity contribution in [2.24, 2.45) is 0 Å². The largest absolute Gasteiger partial charge is 0.497 e. The molecule has 2 aromatic rings. The average Bonchev–Trinajstić information content (AvgIpc) is 2.92. The van der Waals surface area contributed by atoms with Crippen molar-refractivity contribution < 1.29 is 9.53 Å². The molecule has 1 aromatic heterocycles. The summed E-state index contributed by atoms with van der Waals surface area (Å²) in [5.74, 6) is 0.805. The molecule has 21 heavy (non-hydrogen) atoms. The number of ether oxygens (including phenoxy) is 1. The minimum absolute atomic E-state index is 0.320. The van der Waals surface area contributed by atoms with Crippen LogP contribution in [0.1, 0.15) is 10.6 Å². The predicted octanol–water partition coefficient (Wildman–Crippen LogP) is 2.45. The van der Waals surface area contributed by atoms with E-state index in [2.05, 4.69) is 27.4 Å². The van der Waals surface area contributed by atoms with Crippen molar-refractivity contribution in [2.75, 3.05) is 19.0 Å². The molecule has 0 bridgehead atoms. The molecule has 0 aliphatic heterocycles. The number of hydrogen-bond acceptors (Lipinski definition) is 5.